The molecule has 1 atom stereocenters. The van der Waals surface area contributed by atoms with Crippen LogP contribution in [0.4, 0.5) is 5.69 Å². The van der Waals surface area contributed by atoms with Gasteiger partial charge in [-0.05, 0) is 18.6 Å². The monoisotopic (exact) mass is 303 g/mol. The van der Waals surface area contributed by atoms with Gasteiger partial charge < -0.3 is 10.8 Å². The lowest BCUT2D eigenvalue weighted by molar-refractivity contribution is -0.384. The van der Waals surface area contributed by atoms with E-state index in [9.17, 15) is 23.3 Å². The first-order valence-electron chi connectivity index (χ1n) is 5.46. The molecular weight excluding hydrogens is 290 g/mol. The topological polar surface area (TPSA) is 153 Å². The van der Waals surface area contributed by atoms with Crippen molar-refractivity contribution in [2.45, 2.75) is 17.4 Å². The summed E-state index contributed by atoms with van der Waals surface area (Å²) in [5.74, 6) is -1.22. The van der Waals surface area contributed by atoms with E-state index in [1.807, 2.05) is 0 Å². The number of carbonyl (C=O) groups is 1. The van der Waals surface area contributed by atoms with Gasteiger partial charge in [0.2, 0.25) is 10.0 Å². The second-order valence-corrected chi connectivity index (χ2v) is 5.65. The molecule has 0 aliphatic heterocycles. The molecule has 0 fully saturated rings. The van der Waals surface area contributed by atoms with E-state index in [0.717, 1.165) is 24.3 Å². The Hall–Kier alpha value is -2.04. The number of nitro benzene ring substituents is 1. The van der Waals surface area contributed by atoms with Crippen molar-refractivity contribution in [1.82, 2.24) is 4.72 Å². The number of nitrogens with zero attached hydrogens (tertiary/aromatic N) is 1. The summed E-state index contributed by atoms with van der Waals surface area (Å²) in [6.45, 7) is -0.146. The van der Waals surface area contributed by atoms with Gasteiger partial charge in [-0.15, -0.1) is 0 Å². The highest BCUT2D eigenvalue weighted by molar-refractivity contribution is 7.89. The molecule has 1 rings (SSSR count). The Kier molecular flexibility index (Phi) is 5.13. The molecule has 0 saturated heterocycles. The van der Waals surface area contributed by atoms with E-state index in [1.165, 1.54) is 0 Å². The fourth-order valence-corrected chi connectivity index (χ4v) is 2.35. The van der Waals surface area contributed by atoms with E-state index in [2.05, 4.69) is 4.72 Å². The van der Waals surface area contributed by atoms with E-state index in [1.54, 1.807) is 0 Å². The third-order valence-corrected chi connectivity index (χ3v) is 3.90. The molecule has 0 aromatic heterocycles. The zero-order chi connectivity index (χ0) is 15.3. The number of non-ortho nitro benzene ring substituents is 1. The van der Waals surface area contributed by atoms with Crippen molar-refractivity contribution < 1.29 is 23.2 Å². The highest BCUT2D eigenvalue weighted by Gasteiger charge is 2.17. The SMILES string of the molecule is N[C@@H](CCNS(=O)(=O)c1ccc([N+](=O)[O-])cc1)C(=O)O. The molecule has 0 unspecified atom stereocenters. The second kappa shape index (κ2) is 6.41. The minimum absolute atomic E-state index is 0.0679. The van der Waals surface area contributed by atoms with Gasteiger partial charge in [0, 0.05) is 18.7 Å². The summed E-state index contributed by atoms with van der Waals surface area (Å²) >= 11 is 0. The quantitative estimate of drug-likeness (QED) is 0.460. The number of hydrogen-bond donors (Lipinski definition) is 3. The number of benzene rings is 1. The van der Waals surface area contributed by atoms with Gasteiger partial charge in [0.05, 0.1) is 9.82 Å². The van der Waals surface area contributed by atoms with Gasteiger partial charge in [-0.3, -0.25) is 14.9 Å². The normalized spacial score (nSPS) is 12.8. The summed E-state index contributed by atoms with van der Waals surface area (Å²) in [5, 5.41) is 19.0. The predicted molar refractivity (Wildman–Crippen MR) is 68.5 cm³/mol. The third-order valence-electron chi connectivity index (χ3n) is 2.42. The van der Waals surface area contributed by atoms with Crippen LogP contribution >= 0.6 is 0 Å². The van der Waals surface area contributed by atoms with Crippen molar-refractivity contribution in [2.75, 3.05) is 6.54 Å². The molecular formula is C10H13N3O6S. The van der Waals surface area contributed by atoms with Crippen LogP contribution in [-0.4, -0.2) is 37.0 Å². The Morgan fingerprint density at radius 2 is 1.95 bits per heavy atom. The lowest BCUT2D eigenvalue weighted by atomic mass is 10.2. The standard InChI is InChI=1S/C10H13N3O6S/c11-9(10(14)15)5-6-12-20(18,19)8-3-1-7(2-4-8)13(16)17/h1-4,9,12H,5-6,11H2,(H,14,15)/t9-/m0/s1. The van der Waals surface area contributed by atoms with Crippen molar-refractivity contribution >= 4 is 21.7 Å². The Balaban J connectivity index is 2.69. The number of nitrogens with one attached hydrogen (secondary N) is 1. The van der Waals surface area contributed by atoms with Crippen LogP contribution in [0.25, 0.3) is 0 Å². The number of carboxylic acid groups (broad SMARTS) is 1. The van der Waals surface area contributed by atoms with Crippen LogP contribution in [0, 0.1) is 10.1 Å². The highest BCUT2D eigenvalue weighted by atomic mass is 32.2. The maximum absolute atomic E-state index is 11.8. The van der Waals surface area contributed by atoms with Gasteiger partial charge in [0.1, 0.15) is 6.04 Å². The van der Waals surface area contributed by atoms with E-state index in [4.69, 9.17) is 10.8 Å². The lowest BCUT2D eigenvalue weighted by Crippen LogP contribution is -2.35. The first-order chi connectivity index (χ1) is 9.24. The molecule has 0 aliphatic carbocycles. The van der Waals surface area contributed by atoms with Gasteiger partial charge in [0.25, 0.3) is 5.69 Å². The number of nitro groups is 1. The molecule has 0 heterocycles. The maximum atomic E-state index is 11.8. The number of nitrogens with two attached hydrogens (primary N) is 1. The first kappa shape index (κ1) is 16.0. The van der Waals surface area contributed by atoms with Gasteiger partial charge >= 0.3 is 5.97 Å². The van der Waals surface area contributed by atoms with Crippen molar-refractivity contribution in [3.63, 3.8) is 0 Å². The van der Waals surface area contributed by atoms with Crippen LogP contribution in [0.1, 0.15) is 6.42 Å². The zero-order valence-corrected chi connectivity index (χ0v) is 11.0. The number of aliphatic carboxylic acids is 1. The summed E-state index contributed by atoms with van der Waals surface area (Å²) in [6, 6.07) is 3.17. The minimum atomic E-state index is -3.85. The van der Waals surface area contributed by atoms with Gasteiger partial charge in [-0.1, -0.05) is 0 Å². The van der Waals surface area contributed by atoms with E-state index >= 15 is 0 Å². The average molecular weight is 303 g/mol. The van der Waals surface area contributed by atoms with Crippen LogP contribution in [0.2, 0.25) is 0 Å². The Morgan fingerprint density at radius 1 is 1.40 bits per heavy atom. The van der Waals surface area contributed by atoms with Crippen molar-refractivity contribution in [3.8, 4) is 0 Å². The molecule has 0 spiro atoms. The Bertz CT molecular complexity index is 598. The minimum Gasteiger partial charge on any atom is -0.480 e. The molecule has 0 radical (unpaired) electrons. The molecule has 1 aromatic rings. The molecule has 0 saturated carbocycles. The molecule has 4 N–H and O–H groups in total. The zero-order valence-electron chi connectivity index (χ0n) is 10.2. The van der Waals surface area contributed by atoms with Gasteiger partial charge in [0.15, 0.2) is 0 Å². The third kappa shape index (κ3) is 4.26. The van der Waals surface area contributed by atoms with Gasteiger partial charge in [-0.25, -0.2) is 13.1 Å². The number of sulfonamides is 1. The molecule has 0 bridgehead atoms. The van der Waals surface area contributed by atoms with Crippen molar-refractivity contribution in [2.24, 2.45) is 5.73 Å². The van der Waals surface area contributed by atoms with Crippen LogP contribution in [-0.2, 0) is 14.8 Å². The summed E-state index contributed by atoms with van der Waals surface area (Å²) in [6.07, 6.45) is -0.0679. The Morgan fingerprint density at radius 3 is 2.40 bits per heavy atom. The van der Waals surface area contributed by atoms with Crippen LogP contribution in [0.3, 0.4) is 0 Å². The second-order valence-electron chi connectivity index (χ2n) is 3.88. The lowest BCUT2D eigenvalue weighted by Gasteiger charge is -2.08. The smallest absolute Gasteiger partial charge is 0.320 e. The van der Waals surface area contributed by atoms with E-state index < -0.39 is 27.0 Å². The fraction of sp³-hybridized carbons (Fsp3) is 0.300. The van der Waals surface area contributed by atoms with Crippen molar-refractivity contribution in [3.05, 3.63) is 34.4 Å². The number of rotatable bonds is 7. The maximum Gasteiger partial charge on any atom is 0.320 e. The molecule has 0 aliphatic rings. The summed E-state index contributed by atoms with van der Waals surface area (Å²) in [5.41, 5.74) is 5.00. The fourth-order valence-electron chi connectivity index (χ4n) is 1.30. The van der Waals surface area contributed by atoms with Crippen LogP contribution < -0.4 is 10.5 Å². The van der Waals surface area contributed by atoms with E-state index in [0.29, 0.717) is 0 Å². The van der Waals surface area contributed by atoms with E-state index in [-0.39, 0.29) is 23.5 Å². The summed E-state index contributed by atoms with van der Waals surface area (Å²) in [4.78, 5) is 20.1. The van der Waals surface area contributed by atoms with Crippen molar-refractivity contribution in [1.29, 1.82) is 0 Å². The summed E-state index contributed by atoms with van der Waals surface area (Å²) in [7, 11) is -3.85. The highest BCUT2D eigenvalue weighted by Crippen LogP contribution is 2.15. The number of carboxylic acids is 1. The Labute approximate surface area is 114 Å². The largest absolute Gasteiger partial charge is 0.480 e. The summed E-state index contributed by atoms with van der Waals surface area (Å²) < 4.78 is 25.8. The molecule has 110 valence electrons. The molecule has 20 heavy (non-hydrogen) atoms. The number of hydrogen-bond acceptors (Lipinski definition) is 6. The average Bonchev–Trinajstić information content (AvgIpc) is 2.38. The first-order valence-corrected chi connectivity index (χ1v) is 6.95. The van der Waals surface area contributed by atoms with Crippen LogP contribution in [0.5, 0.6) is 0 Å². The van der Waals surface area contributed by atoms with Gasteiger partial charge in [-0.2, -0.15) is 0 Å². The van der Waals surface area contributed by atoms with Crippen LogP contribution in [0.15, 0.2) is 29.2 Å². The molecule has 0 amide bonds. The molecule has 1 aromatic carbocycles. The molecule has 10 heteroatoms. The molecule has 9 nitrogen and oxygen atoms in total. The predicted octanol–water partition coefficient (Wildman–Crippen LogP) is -0.325.